The van der Waals surface area contributed by atoms with Crippen LogP contribution in [0.4, 0.5) is 5.95 Å². The fourth-order valence-corrected chi connectivity index (χ4v) is 2.05. The van der Waals surface area contributed by atoms with Crippen molar-refractivity contribution >= 4 is 5.95 Å². The van der Waals surface area contributed by atoms with Crippen molar-refractivity contribution in [2.45, 2.75) is 26.3 Å². The van der Waals surface area contributed by atoms with Gasteiger partial charge in [0, 0.05) is 24.8 Å². The van der Waals surface area contributed by atoms with E-state index in [-0.39, 0.29) is 6.04 Å². The van der Waals surface area contributed by atoms with E-state index in [4.69, 9.17) is 15.2 Å². The Morgan fingerprint density at radius 1 is 1.53 bits per heavy atom. The molecular formula is C13H22N4O2. The van der Waals surface area contributed by atoms with Crippen molar-refractivity contribution in [1.82, 2.24) is 9.97 Å². The van der Waals surface area contributed by atoms with E-state index in [9.17, 15) is 0 Å². The van der Waals surface area contributed by atoms with E-state index in [1.165, 1.54) is 0 Å². The Kier molecular flexibility index (Phi) is 4.93. The topological polar surface area (TPSA) is 73.5 Å². The number of nitrogens with zero attached hydrogens (tertiary/aromatic N) is 3. The third-order valence-electron chi connectivity index (χ3n) is 3.03. The van der Waals surface area contributed by atoms with Crippen molar-refractivity contribution in [2.24, 2.45) is 5.73 Å². The lowest BCUT2D eigenvalue weighted by Gasteiger charge is -2.35. The number of morpholine rings is 1. The van der Waals surface area contributed by atoms with Crippen LogP contribution in [0, 0.1) is 6.92 Å². The molecule has 0 radical (unpaired) electrons. The van der Waals surface area contributed by atoms with Gasteiger partial charge in [0.05, 0.1) is 25.9 Å². The molecule has 0 bridgehead atoms. The maximum Gasteiger partial charge on any atom is 0.229 e. The van der Waals surface area contributed by atoms with E-state index >= 15 is 0 Å². The Balaban J connectivity index is 2.19. The van der Waals surface area contributed by atoms with Crippen LogP contribution < -0.4 is 15.4 Å². The van der Waals surface area contributed by atoms with Gasteiger partial charge in [-0.3, -0.25) is 0 Å². The highest BCUT2D eigenvalue weighted by Crippen LogP contribution is 2.19. The third-order valence-corrected chi connectivity index (χ3v) is 3.03. The lowest BCUT2D eigenvalue weighted by Crippen LogP contribution is -2.50. The highest BCUT2D eigenvalue weighted by Gasteiger charge is 2.24. The predicted molar refractivity (Wildman–Crippen MR) is 73.6 cm³/mol. The van der Waals surface area contributed by atoms with Gasteiger partial charge >= 0.3 is 0 Å². The molecule has 1 atom stereocenters. The van der Waals surface area contributed by atoms with E-state index in [1.54, 1.807) is 0 Å². The smallest absolute Gasteiger partial charge is 0.229 e. The van der Waals surface area contributed by atoms with Gasteiger partial charge in [-0.05, 0) is 13.3 Å². The summed E-state index contributed by atoms with van der Waals surface area (Å²) in [6.45, 7) is 7.28. The standard InChI is InChI=1S/C13H22N4O2/c1-3-5-19-12-7-10(2)15-13(16-12)17-4-6-18-9-11(17)8-14/h7,11H,3-6,8-9,14H2,1-2H3. The fraction of sp³-hybridized carbons (Fsp3) is 0.692. The number of rotatable bonds is 5. The molecule has 0 spiro atoms. The molecule has 2 rings (SSSR count). The van der Waals surface area contributed by atoms with Crippen LogP contribution in [0.15, 0.2) is 6.07 Å². The highest BCUT2D eigenvalue weighted by atomic mass is 16.5. The van der Waals surface area contributed by atoms with Crippen LogP contribution in [0.1, 0.15) is 19.0 Å². The first kappa shape index (κ1) is 14.0. The van der Waals surface area contributed by atoms with E-state index in [2.05, 4.69) is 21.8 Å². The van der Waals surface area contributed by atoms with Gasteiger partial charge in [-0.1, -0.05) is 6.92 Å². The summed E-state index contributed by atoms with van der Waals surface area (Å²) >= 11 is 0. The number of aryl methyl sites for hydroxylation is 1. The summed E-state index contributed by atoms with van der Waals surface area (Å²) in [7, 11) is 0. The maximum atomic E-state index is 5.78. The first-order valence-electron chi connectivity index (χ1n) is 6.77. The van der Waals surface area contributed by atoms with E-state index in [0.29, 0.717) is 38.2 Å². The molecule has 0 amide bonds. The lowest BCUT2D eigenvalue weighted by atomic mass is 10.2. The van der Waals surface area contributed by atoms with E-state index < -0.39 is 0 Å². The maximum absolute atomic E-state index is 5.78. The van der Waals surface area contributed by atoms with Crippen LogP contribution in [0.25, 0.3) is 0 Å². The number of aromatic nitrogens is 2. The van der Waals surface area contributed by atoms with Crippen LogP contribution >= 0.6 is 0 Å². The second-order valence-corrected chi connectivity index (χ2v) is 4.65. The molecule has 0 aromatic carbocycles. The zero-order valence-electron chi connectivity index (χ0n) is 11.6. The summed E-state index contributed by atoms with van der Waals surface area (Å²) in [4.78, 5) is 11.1. The third kappa shape index (κ3) is 3.54. The molecular weight excluding hydrogens is 244 g/mol. The van der Waals surface area contributed by atoms with Crippen LogP contribution in [0.5, 0.6) is 5.88 Å². The lowest BCUT2D eigenvalue weighted by molar-refractivity contribution is 0.0952. The van der Waals surface area contributed by atoms with Gasteiger partial charge in [-0.25, -0.2) is 4.98 Å². The minimum Gasteiger partial charge on any atom is -0.478 e. The first-order chi connectivity index (χ1) is 9.24. The average Bonchev–Trinajstić information content (AvgIpc) is 2.44. The molecule has 0 aliphatic carbocycles. The van der Waals surface area contributed by atoms with E-state index in [1.807, 2.05) is 13.0 Å². The van der Waals surface area contributed by atoms with Gasteiger partial charge in [0.15, 0.2) is 0 Å². The molecule has 19 heavy (non-hydrogen) atoms. The number of ether oxygens (including phenoxy) is 2. The summed E-state index contributed by atoms with van der Waals surface area (Å²) in [6.07, 6.45) is 0.960. The molecule has 1 fully saturated rings. The Hall–Kier alpha value is -1.40. The van der Waals surface area contributed by atoms with Crippen molar-refractivity contribution in [1.29, 1.82) is 0 Å². The second-order valence-electron chi connectivity index (χ2n) is 4.65. The molecule has 1 aromatic heterocycles. The summed E-state index contributed by atoms with van der Waals surface area (Å²) in [5.41, 5.74) is 6.68. The fourth-order valence-electron chi connectivity index (χ4n) is 2.05. The Labute approximate surface area is 113 Å². The zero-order chi connectivity index (χ0) is 13.7. The zero-order valence-corrected chi connectivity index (χ0v) is 11.6. The van der Waals surface area contributed by atoms with Crippen molar-refractivity contribution in [3.8, 4) is 5.88 Å². The second kappa shape index (κ2) is 6.68. The van der Waals surface area contributed by atoms with Crippen molar-refractivity contribution < 1.29 is 9.47 Å². The Morgan fingerprint density at radius 3 is 3.11 bits per heavy atom. The van der Waals surface area contributed by atoms with Crippen molar-refractivity contribution in [3.63, 3.8) is 0 Å². The predicted octanol–water partition coefficient (Wildman–Crippen LogP) is 0.738. The largest absolute Gasteiger partial charge is 0.478 e. The van der Waals surface area contributed by atoms with Crippen LogP contribution in [0.2, 0.25) is 0 Å². The number of nitrogens with two attached hydrogens (primary N) is 1. The molecule has 1 aliphatic heterocycles. The Bertz CT molecular complexity index is 414. The van der Waals surface area contributed by atoms with Crippen molar-refractivity contribution in [3.05, 3.63) is 11.8 Å². The molecule has 1 saturated heterocycles. The minimum atomic E-state index is 0.134. The molecule has 1 unspecified atom stereocenters. The van der Waals surface area contributed by atoms with Gasteiger partial charge in [0.1, 0.15) is 0 Å². The normalized spacial score (nSPS) is 19.5. The summed E-state index contributed by atoms with van der Waals surface area (Å²) in [5, 5.41) is 0. The summed E-state index contributed by atoms with van der Waals surface area (Å²) in [5.74, 6) is 1.32. The van der Waals surface area contributed by atoms with Gasteiger partial charge in [-0.2, -0.15) is 4.98 Å². The summed E-state index contributed by atoms with van der Waals surface area (Å²) < 4.78 is 11.0. The van der Waals surface area contributed by atoms with E-state index in [0.717, 1.165) is 18.7 Å². The summed E-state index contributed by atoms with van der Waals surface area (Å²) in [6, 6.07) is 1.99. The molecule has 1 aromatic rings. The molecule has 106 valence electrons. The number of hydrogen-bond donors (Lipinski definition) is 1. The molecule has 6 nitrogen and oxygen atoms in total. The molecule has 0 saturated carbocycles. The number of hydrogen-bond acceptors (Lipinski definition) is 6. The van der Waals surface area contributed by atoms with Crippen LogP contribution in [-0.4, -0.2) is 48.9 Å². The SMILES string of the molecule is CCCOc1cc(C)nc(N2CCOCC2CN)n1. The van der Waals surface area contributed by atoms with Gasteiger partial charge < -0.3 is 20.1 Å². The monoisotopic (exact) mass is 266 g/mol. The van der Waals surface area contributed by atoms with Crippen LogP contribution in [-0.2, 0) is 4.74 Å². The van der Waals surface area contributed by atoms with Gasteiger partial charge in [0.25, 0.3) is 0 Å². The highest BCUT2D eigenvalue weighted by molar-refractivity contribution is 5.36. The molecule has 1 aliphatic rings. The quantitative estimate of drug-likeness (QED) is 0.847. The van der Waals surface area contributed by atoms with Gasteiger partial charge in [-0.15, -0.1) is 0 Å². The van der Waals surface area contributed by atoms with Gasteiger partial charge in [0.2, 0.25) is 11.8 Å². The molecule has 6 heteroatoms. The van der Waals surface area contributed by atoms with Crippen LogP contribution in [0.3, 0.4) is 0 Å². The molecule has 2 heterocycles. The average molecular weight is 266 g/mol. The first-order valence-corrected chi connectivity index (χ1v) is 6.77. The van der Waals surface area contributed by atoms with Crippen molar-refractivity contribution in [2.75, 3.05) is 37.8 Å². The Morgan fingerprint density at radius 2 is 2.37 bits per heavy atom. The number of anilines is 1. The molecule has 2 N–H and O–H groups in total. The minimum absolute atomic E-state index is 0.134.